The Bertz CT molecular complexity index is 735. The summed E-state index contributed by atoms with van der Waals surface area (Å²) >= 11 is 1.47. The minimum atomic E-state index is -0.646. The lowest BCUT2D eigenvalue weighted by Gasteiger charge is -2.22. The number of carbonyl (C=O) groups excluding carboxylic acids is 3. The van der Waals surface area contributed by atoms with Gasteiger partial charge in [0, 0.05) is 23.8 Å². The van der Waals surface area contributed by atoms with E-state index in [1.807, 2.05) is 16.0 Å². The van der Waals surface area contributed by atoms with Crippen molar-refractivity contribution >= 4 is 34.2 Å². The van der Waals surface area contributed by atoms with Crippen LogP contribution >= 0.6 is 11.3 Å². The number of thiazole rings is 1. The zero-order chi connectivity index (χ0) is 17.6. The van der Waals surface area contributed by atoms with E-state index in [4.69, 9.17) is 4.74 Å². The Labute approximate surface area is 148 Å². The molecule has 3 rings (SSSR count). The van der Waals surface area contributed by atoms with Crippen LogP contribution < -0.4 is 10.6 Å². The topological polar surface area (TPSA) is 102 Å². The summed E-state index contributed by atoms with van der Waals surface area (Å²) in [4.78, 5) is 40.2. The van der Waals surface area contributed by atoms with Crippen molar-refractivity contribution in [2.24, 2.45) is 0 Å². The van der Waals surface area contributed by atoms with Crippen molar-refractivity contribution in [3.05, 3.63) is 23.5 Å². The summed E-state index contributed by atoms with van der Waals surface area (Å²) in [6.45, 7) is -0.487. The zero-order valence-corrected chi connectivity index (χ0v) is 14.5. The molecule has 0 unspecified atom stereocenters. The lowest BCUT2D eigenvalue weighted by atomic mass is 9.96. The molecule has 2 N–H and O–H groups in total. The number of imidazole rings is 1. The first kappa shape index (κ1) is 17.4. The van der Waals surface area contributed by atoms with E-state index in [1.54, 1.807) is 6.20 Å². The van der Waals surface area contributed by atoms with Crippen LogP contribution in [0.1, 0.15) is 37.8 Å². The molecule has 1 fully saturated rings. The molecule has 25 heavy (non-hydrogen) atoms. The van der Waals surface area contributed by atoms with E-state index in [9.17, 15) is 14.4 Å². The molecular weight excluding hydrogens is 344 g/mol. The fourth-order valence-corrected chi connectivity index (χ4v) is 3.56. The highest BCUT2D eigenvalue weighted by Crippen LogP contribution is 2.17. The lowest BCUT2D eigenvalue weighted by molar-refractivity contribution is -0.147. The van der Waals surface area contributed by atoms with Crippen molar-refractivity contribution in [1.29, 1.82) is 0 Å². The van der Waals surface area contributed by atoms with Gasteiger partial charge in [0.2, 0.25) is 0 Å². The molecule has 0 aromatic carbocycles. The fourth-order valence-electron chi connectivity index (χ4n) is 2.84. The summed E-state index contributed by atoms with van der Waals surface area (Å²) in [5.41, 5.74) is 0.576. The Morgan fingerprint density at radius 1 is 1.28 bits per heavy atom. The molecule has 2 aromatic rings. The second-order valence-corrected chi connectivity index (χ2v) is 6.89. The van der Waals surface area contributed by atoms with E-state index in [0.29, 0.717) is 5.69 Å². The molecule has 2 heterocycles. The van der Waals surface area contributed by atoms with E-state index in [1.165, 1.54) is 17.8 Å². The van der Waals surface area contributed by atoms with Gasteiger partial charge in [0.05, 0.1) is 12.1 Å². The molecule has 2 aromatic heterocycles. The van der Waals surface area contributed by atoms with Crippen LogP contribution in [0.25, 0.3) is 4.96 Å². The van der Waals surface area contributed by atoms with Gasteiger partial charge in [-0.25, -0.2) is 9.78 Å². The summed E-state index contributed by atoms with van der Waals surface area (Å²) in [6.07, 6.45) is 8.78. The predicted molar refractivity (Wildman–Crippen MR) is 91.3 cm³/mol. The Morgan fingerprint density at radius 2 is 2.08 bits per heavy atom. The first-order valence-electron chi connectivity index (χ1n) is 8.27. The number of nitrogens with zero attached hydrogens (tertiary/aromatic N) is 2. The number of carbonyl (C=O) groups is 3. The zero-order valence-electron chi connectivity index (χ0n) is 13.7. The van der Waals surface area contributed by atoms with Crippen LogP contribution in [0.15, 0.2) is 17.8 Å². The van der Waals surface area contributed by atoms with Gasteiger partial charge >= 0.3 is 12.0 Å². The number of ether oxygens (including phenoxy) is 1. The summed E-state index contributed by atoms with van der Waals surface area (Å²) in [5.74, 6) is -1.21. The molecule has 8 nitrogen and oxygen atoms in total. The SMILES string of the molecule is O=C(COC(=O)Cc1cn2ccsc2n1)NC(=O)NC1CCCCC1. The molecule has 0 saturated heterocycles. The molecule has 1 saturated carbocycles. The molecule has 1 aliphatic rings. The number of rotatable bonds is 5. The molecule has 1 aliphatic carbocycles. The number of nitrogens with one attached hydrogen (secondary N) is 2. The minimum Gasteiger partial charge on any atom is -0.455 e. The van der Waals surface area contributed by atoms with E-state index in [0.717, 1.165) is 30.6 Å². The highest BCUT2D eigenvalue weighted by Gasteiger charge is 2.18. The van der Waals surface area contributed by atoms with Crippen LogP contribution in [0.3, 0.4) is 0 Å². The van der Waals surface area contributed by atoms with Crippen molar-refractivity contribution < 1.29 is 19.1 Å². The van der Waals surface area contributed by atoms with E-state index >= 15 is 0 Å². The number of esters is 1. The molecule has 9 heteroatoms. The van der Waals surface area contributed by atoms with Crippen LogP contribution in [-0.2, 0) is 20.7 Å². The van der Waals surface area contributed by atoms with Crippen molar-refractivity contribution in [3.8, 4) is 0 Å². The van der Waals surface area contributed by atoms with Gasteiger partial charge in [0.15, 0.2) is 11.6 Å². The molecule has 134 valence electrons. The van der Waals surface area contributed by atoms with Gasteiger partial charge < -0.3 is 10.1 Å². The summed E-state index contributed by atoms with van der Waals surface area (Å²) < 4.78 is 6.71. The van der Waals surface area contributed by atoms with Crippen molar-refractivity contribution in [1.82, 2.24) is 20.0 Å². The van der Waals surface area contributed by atoms with E-state index < -0.39 is 24.5 Å². The van der Waals surface area contributed by atoms with Gasteiger partial charge in [-0.05, 0) is 12.8 Å². The smallest absolute Gasteiger partial charge is 0.321 e. The minimum absolute atomic E-state index is 0.0179. The van der Waals surface area contributed by atoms with Gasteiger partial charge in [0.25, 0.3) is 5.91 Å². The lowest BCUT2D eigenvalue weighted by Crippen LogP contribution is -2.46. The van der Waals surface area contributed by atoms with Crippen molar-refractivity contribution in [2.45, 2.75) is 44.6 Å². The third-order valence-corrected chi connectivity index (χ3v) is 4.80. The quantitative estimate of drug-likeness (QED) is 0.786. The summed E-state index contributed by atoms with van der Waals surface area (Å²) in [6, 6.07) is -0.429. The van der Waals surface area contributed by atoms with Gasteiger partial charge in [0.1, 0.15) is 0 Å². The predicted octanol–water partition coefficient (Wildman–Crippen LogP) is 1.64. The monoisotopic (exact) mass is 364 g/mol. The largest absolute Gasteiger partial charge is 0.455 e. The summed E-state index contributed by atoms with van der Waals surface area (Å²) in [5, 5.41) is 6.84. The Morgan fingerprint density at radius 3 is 2.84 bits per heavy atom. The number of fused-ring (bicyclic) bond motifs is 1. The third-order valence-electron chi connectivity index (χ3n) is 4.03. The second kappa shape index (κ2) is 8.11. The molecular formula is C16H20N4O4S. The number of hydrogen-bond acceptors (Lipinski definition) is 6. The molecule has 0 spiro atoms. The van der Waals surface area contributed by atoms with Crippen LogP contribution in [0, 0.1) is 0 Å². The van der Waals surface area contributed by atoms with Crippen LogP contribution in [0.5, 0.6) is 0 Å². The number of imide groups is 1. The maximum absolute atomic E-state index is 11.8. The average Bonchev–Trinajstić information content (AvgIpc) is 3.15. The van der Waals surface area contributed by atoms with Gasteiger partial charge in [-0.1, -0.05) is 19.3 Å². The van der Waals surface area contributed by atoms with E-state index in [-0.39, 0.29) is 12.5 Å². The van der Waals surface area contributed by atoms with Crippen LogP contribution in [-0.4, -0.2) is 39.9 Å². The molecule has 0 radical (unpaired) electrons. The number of aromatic nitrogens is 2. The van der Waals surface area contributed by atoms with Crippen molar-refractivity contribution in [3.63, 3.8) is 0 Å². The van der Waals surface area contributed by atoms with Crippen LogP contribution in [0.4, 0.5) is 4.79 Å². The molecule has 0 aliphatic heterocycles. The number of urea groups is 1. The molecule has 0 atom stereocenters. The standard InChI is InChI=1S/C16H20N4O4S/c21-13(19-15(23)17-11-4-2-1-3-5-11)10-24-14(22)8-12-9-20-6-7-25-16(20)18-12/h6-7,9,11H,1-5,8,10H2,(H2,17,19,21,23). The first-order chi connectivity index (χ1) is 12.1. The van der Waals surface area contributed by atoms with Crippen molar-refractivity contribution in [2.75, 3.05) is 6.61 Å². The highest BCUT2D eigenvalue weighted by atomic mass is 32.1. The van der Waals surface area contributed by atoms with Gasteiger partial charge in [-0.2, -0.15) is 0 Å². The maximum atomic E-state index is 11.8. The normalized spacial score (nSPS) is 15.0. The third kappa shape index (κ3) is 5.02. The average molecular weight is 364 g/mol. The number of amides is 3. The highest BCUT2D eigenvalue weighted by molar-refractivity contribution is 7.15. The maximum Gasteiger partial charge on any atom is 0.321 e. The molecule has 3 amide bonds. The second-order valence-electron chi connectivity index (χ2n) is 6.02. The first-order valence-corrected chi connectivity index (χ1v) is 9.15. The van der Waals surface area contributed by atoms with Gasteiger partial charge in [-0.15, -0.1) is 11.3 Å². The summed E-state index contributed by atoms with van der Waals surface area (Å²) in [7, 11) is 0. The Hall–Kier alpha value is -2.42. The Balaban J connectivity index is 1.36. The fraction of sp³-hybridized carbons (Fsp3) is 0.500. The van der Waals surface area contributed by atoms with Crippen LogP contribution in [0.2, 0.25) is 0 Å². The number of hydrogen-bond donors (Lipinski definition) is 2. The van der Waals surface area contributed by atoms with Gasteiger partial charge in [-0.3, -0.25) is 19.3 Å². The van der Waals surface area contributed by atoms with E-state index in [2.05, 4.69) is 15.6 Å². The molecule has 0 bridgehead atoms. The Kier molecular flexibility index (Phi) is 5.64.